The SMILES string of the molecule is CCCCN1CC(C(=O)NC(Cc2cc(F)cc(F)c2)[C@H](O)[C@H]2CN(S(=O)(=O)c3ccccc3)CCN2)CC1=O.CCCCN1CC(C(=O)NC(Cc2cc(F)cc(F)c2)[C@H](O)[C@H]2CN(S(=O)(=O)c3ccccc3)CCN2C(=O)OC(C)(C)C)CC1=O. The largest absolute Gasteiger partial charge is 0.444 e. The van der Waals surface area contributed by atoms with Crippen LogP contribution in [0.3, 0.4) is 0 Å². The number of piperazine rings is 2. The van der Waals surface area contributed by atoms with E-state index in [1.807, 2.05) is 13.8 Å². The minimum absolute atomic E-state index is 0.0255. The molecular weight excluding hydrogens is 1180 g/mol. The normalized spacial score (nSPS) is 21.2. The van der Waals surface area contributed by atoms with Crippen molar-refractivity contribution >= 4 is 49.8 Å². The molecule has 8 rings (SSSR count). The van der Waals surface area contributed by atoms with Crippen LogP contribution < -0.4 is 16.0 Å². The second-order valence-corrected chi connectivity index (χ2v) is 27.4. The fraction of sp³-hybridized carbons (Fsp3) is 0.525. The quantitative estimate of drug-likeness (QED) is 0.0652. The molecule has 0 aromatic heterocycles. The third kappa shape index (κ3) is 18.3. The van der Waals surface area contributed by atoms with Gasteiger partial charge in [-0.25, -0.2) is 39.2 Å². The molecule has 4 fully saturated rings. The molecule has 87 heavy (non-hydrogen) atoms. The average molecular weight is 1260 g/mol. The van der Waals surface area contributed by atoms with Crippen molar-refractivity contribution in [2.24, 2.45) is 11.8 Å². The maximum absolute atomic E-state index is 14.2. The maximum Gasteiger partial charge on any atom is 0.410 e. The molecule has 4 unspecified atom stereocenters. The zero-order valence-corrected chi connectivity index (χ0v) is 51.3. The lowest BCUT2D eigenvalue weighted by atomic mass is 9.93. The Hall–Kier alpha value is -6.55. The number of nitrogens with zero attached hydrogens (tertiary/aromatic N) is 5. The predicted octanol–water partition coefficient (Wildman–Crippen LogP) is 4.98. The van der Waals surface area contributed by atoms with Crippen LogP contribution in [0.15, 0.2) is 107 Å². The molecule has 4 aliphatic rings. The minimum atomic E-state index is -4.05. The van der Waals surface area contributed by atoms with E-state index < -0.39 is 115 Å². The monoisotopic (exact) mass is 1260 g/mol. The Labute approximate surface area is 506 Å². The van der Waals surface area contributed by atoms with Gasteiger partial charge in [0.1, 0.15) is 28.9 Å². The molecule has 0 saturated carbocycles. The molecule has 0 spiro atoms. The third-order valence-electron chi connectivity index (χ3n) is 15.7. The zero-order valence-electron chi connectivity index (χ0n) is 49.6. The van der Waals surface area contributed by atoms with Crippen LogP contribution in [0.2, 0.25) is 0 Å². The van der Waals surface area contributed by atoms with Crippen LogP contribution in [0.4, 0.5) is 22.4 Å². The Morgan fingerprint density at radius 1 is 0.621 bits per heavy atom. The first-order valence-electron chi connectivity index (χ1n) is 29.4. The van der Waals surface area contributed by atoms with Crippen LogP contribution in [-0.2, 0) is 56.8 Å². The van der Waals surface area contributed by atoms with Gasteiger partial charge >= 0.3 is 6.09 Å². The summed E-state index contributed by atoms with van der Waals surface area (Å²) in [6.07, 6.45) is -0.723. The van der Waals surface area contributed by atoms with Gasteiger partial charge in [-0.15, -0.1) is 0 Å². The molecule has 0 bridgehead atoms. The number of ether oxygens (including phenoxy) is 1. The summed E-state index contributed by atoms with van der Waals surface area (Å²) in [4.78, 5) is 69.9. The molecule has 26 heteroatoms. The van der Waals surface area contributed by atoms with E-state index in [2.05, 4.69) is 16.0 Å². The molecule has 0 radical (unpaired) electrons. The number of benzene rings is 4. The average Bonchev–Trinajstić information content (AvgIpc) is 1.66. The predicted molar refractivity (Wildman–Crippen MR) is 314 cm³/mol. The smallest absolute Gasteiger partial charge is 0.410 e. The van der Waals surface area contributed by atoms with Gasteiger partial charge < -0.3 is 40.7 Å². The molecule has 5 N–H and O–H groups in total. The minimum Gasteiger partial charge on any atom is -0.444 e. The number of sulfonamides is 2. The van der Waals surface area contributed by atoms with Crippen molar-refractivity contribution in [3.05, 3.63) is 131 Å². The zero-order chi connectivity index (χ0) is 63.4. The number of aliphatic hydroxyl groups is 2. The summed E-state index contributed by atoms with van der Waals surface area (Å²) in [5.74, 6) is -5.96. The number of carbonyl (C=O) groups is 5. The molecule has 8 atom stereocenters. The van der Waals surface area contributed by atoms with E-state index in [9.17, 15) is 68.6 Å². The van der Waals surface area contributed by atoms with Gasteiger partial charge in [-0.05, 0) is 106 Å². The highest BCUT2D eigenvalue weighted by Crippen LogP contribution is 2.28. The van der Waals surface area contributed by atoms with Crippen molar-refractivity contribution in [1.29, 1.82) is 0 Å². The van der Waals surface area contributed by atoms with Crippen molar-refractivity contribution in [2.75, 3.05) is 65.4 Å². The highest BCUT2D eigenvalue weighted by Gasteiger charge is 2.46. The van der Waals surface area contributed by atoms with Crippen molar-refractivity contribution in [3.63, 3.8) is 0 Å². The van der Waals surface area contributed by atoms with E-state index in [4.69, 9.17) is 4.74 Å². The number of unbranched alkanes of at least 4 members (excludes halogenated alkanes) is 2. The summed E-state index contributed by atoms with van der Waals surface area (Å²) in [5.41, 5.74) is -0.573. The van der Waals surface area contributed by atoms with Crippen molar-refractivity contribution in [2.45, 2.75) is 138 Å². The summed E-state index contributed by atoms with van der Waals surface area (Å²) in [7, 11) is -7.88. The van der Waals surface area contributed by atoms with E-state index in [-0.39, 0.29) is 111 Å². The van der Waals surface area contributed by atoms with Crippen LogP contribution in [0, 0.1) is 35.1 Å². The van der Waals surface area contributed by atoms with Gasteiger partial charge in [-0.2, -0.15) is 8.61 Å². The number of rotatable bonds is 22. The number of carbonyl (C=O) groups excluding carboxylic acids is 5. The van der Waals surface area contributed by atoms with Gasteiger partial charge in [-0.1, -0.05) is 63.1 Å². The Bertz CT molecular complexity index is 3220. The van der Waals surface area contributed by atoms with E-state index in [0.717, 1.165) is 60.3 Å². The van der Waals surface area contributed by atoms with Gasteiger partial charge in [0.05, 0.1) is 52.0 Å². The lowest BCUT2D eigenvalue weighted by Crippen LogP contribution is -2.65. The highest BCUT2D eigenvalue weighted by atomic mass is 32.2. The number of hydrogen-bond donors (Lipinski definition) is 5. The molecule has 476 valence electrons. The first-order valence-corrected chi connectivity index (χ1v) is 32.3. The van der Waals surface area contributed by atoms with Gasteiger partial charge in [0.2, 0.25) is 43.7 Å². The van der Waals surface area contributed by atoms with Gasteiger partial charge in [0.15, 0.2) is 0 Å². The Morgan fingerprint density at radius 2 is 1.05 bits per heavy atom. The lowest BCUT2D eigenvalue weighted by molar-refractivity contribution is -0.129. The van der Waals surface area contributed by atoms with Crippen molar-refractivity contribution < 1.29 is 73.3 Å². The topological polar surface area (TPSA) is 256 Å². The van der Waals surface area contributed by atoms with Crippen molar-refractivity contribution in [1.82, 2.24) is 39.3 Å². The van der Waals surface area contributed by atoms with Crippen molar-refractivity contribution in [3.8, 4) is 0 Å². The number of amides is 5. The van der Waals surface area contributed by atoms with Crippen LogP contribution in [0.25, 0.3) is 0 Å². The fourth-order valence-electron chi connectivity index (χ4n) is 11.2. The Balaban J connectivity index is 0.000000252. The van der Waals surface area contributed by atoms with Crippen LogP contribution in [-0.4, -0.2) is 188 Å². The van der Waals surface area contributed by atoms with Crippen LogP contribution >= 0.6 is 0 Å². The summed E-state index contributed by atoms with van der Waals surface area (Å²) >= 11 is 0. The molecule has 4 saturated heterocycles. The first kappa shape index (κ1) is 67.9. The number of nitrogens with one attached hydrogen (secondary N) is 3. The highest BCUT2D eigenvalue weighted by molar-refractivity contribution is 7.89. The molecule has 4 heterocycles. The van der Waals surface area contributed by atoms with E-state index in [0.29, 0.717) is 19.2 Å². The van der Waals surface area contributed by atoms with Gasteiger partial charge in [-0.3, -0.25) is 24.1 Å². The molecule has 5 amide bonds. The summed E-state index contributed by atoms with van der Waals surface area (Å²) < 4.78 is 118. The number of hydrogen-bond acceptors (Lipinski definition) is 13. The number of likely N-dealkylation sites (tertiary alicyclic amines) is 2. The summed E-state index contributed by atoms with van der Waals surface area (Å²) in [5, 5.41) is 32.1. The molecule has 0 aliphatic carbocycles. The number of aliphatic hydroxyl groups excluding tert-OH is 2. The van der Waals surface area contributed by atoms with E-state index in [1.165, 1.54) is 33.5 Å². The molecule has 20 nitrogen and oxygen atoms in total. The Kier molecular flexibility index (Phi) is 23.5. The van der Waals surface area contributed by atoms with Gasteiger partial charge in [0, 0.05) is 96.5 Å². The molecular formula is C61H80F4N8O12S2. The second-order valence-electron chi connectivity index (χ2n) is 23.5. The third-order valence-corrected chi connectivity index (χ3v) is 19.5. The van der Waals surface area contributed by atoms with Gasteiger partial charge in [0.25, 0.3) is 0 Å². The fourth-order valence-corrected chi connectivity index (χ4v) is 14.1. The lowest BCUT2D eigenvalue weighted by Gasteiger charge is -2.44. The van der Waals surface area contributed by atoms with Crippen LogP contribution in [0.1, 0.15) is 84.3 Å². The first-order chi connectivity index (χ1) is 41.2. The number of halogens is 4. The van der Waals surface area contributed by atoms with Crippen LogP contribution in [0.5, 0.6) is 0 Å². The molecule has 4 aliphatic heterocycles. The van der Waals surface area contributed by atoms with E-state index >= 15 is 0 Å². The summed E-state index contributed by atoms with van der Waals surface area (Å²) in [6, 6.07) is 17.2. The summed E-state index contributed by atoms with van der Waals surface area (Å²) in [6.45, 7) is 10.3. The standard InChI is InChI=1S/C33H44F2N4O7S.C28H36F2N4O5S/c1-5-6-12-37-20-23(18-29(37)40)31(42)36-27(17-22-15-24(34)19-25(35)16-22)30(41)28-21-38(47(44,45)26-10-8-7-9-11-26)13-14-39(28)32(43)46-33(2,3)4;1-2-3-10-33-17-20(15-26(33)35)28(37)32-24(14-19-12-21(29)16-22(30)13-19)27(36)25-18-34(11-9-31-25)40(38,39)23-7-5-4-6-8-23/h7-11,15-16,19,23,27-28,30,41H,5-6,12-14,17-18,20-21H2,1-4H3,(H,36,42);4-8,12-13,16,20,24-25,27,31,36H,2-3,9-11,14-15,17-18H2,1H3,(H,32,37)/t23?,27?,28-,30+;20?,24?,25-,27+/m11/s1. The Morgan fingerprint density at radius 3 is 1.47 bits per heavy atom. The molecule has 4 aromatic rings. The second kappa shape index (κ2) is 30.1. The van der Waals surface area contributed by atoms with E-state index in [1.54, 1.807) is 67.0 Å². The maximum atomic E-state index is 14.2. The molecule has 4 aromatic carbocycles.